The third-order valence-electron chi connectivity index (χ3n) is 4.20. The lowest BCUT2D eigenvalue weighted by molar-refractivity contribution is -0.255. The molecule has 2 N–H and O–H groups in total. The molecule has 27 heavy (non-hydrogen) atoms. The number of aromatic carboxylic acids is 1. The fourth-order valence-corrected chi connectivity index (χ4v) is 2.81. The number of H-pyrrole nitrogens is 1. The molecule has 2 heterocycles. The van der Waals surface area contributed by atoms with Gasteiger partial charge in [-0.1, -0.05) is 0 Å². The number of anilines is 1. The number of hydrogen-bond donors (Lipinski definition) is 2. The molecule has 1 aliphatic rings. The number of carbonyl (C=O) groups excluding carboxylic acids is 2. The number of benzene rings is 1. The number of carboxylic acid groups (broad SMARTS) is 1. The van der Waals surface area contributed by atoms with Crippen molar-refractivity contribution in [3.05, 3.63) is 56.4 Å². The number of nitrogens with one attached hydrogen (secondary N) is 1. The van der Waals surface area contributed by atoms with E-state index in [-0.39, 0.29) is 11.4 Å². The maximum atomic E-state index is 13.4. The highest BCUT2D eigenvalue weighted by molar-refractivity contribution is 6.07. The molecule has 1 aromatic heterocycles. The number of fused-ring (bicyclic) bond motifs is 1. The number of aromatic nitrogens is 2. The van der Waals surface area contributed by atoms with Crippen LogP contribution >= 0.6 is 0 Å². The zero-order chi connectivity index (χ0) is 20.3. The molecular weight excluding hydrogens is 375 g/mol. The van der Waals surface area contributed by atoms with Crippen molar-refractivity contribution in [1.82, 2.24) is 9.55 Å². The van der Waals surface area contributed by atoms with Gasteiger partial charge in [0, 0.05) is 18.8 Å². The van der Waals surface area contributed by atoms with Crippen LogP contribution in [-0.4, -0.2) is 39.8 Å². The first kappa shape index (κ1) is 18.4. The van der Waals surface area contributed by atoms with Crippen LogP contribution in [0.1, 0.15) is 15.9 Å². The summed E-state index contributed by atoms with van der Waals surface area (Å²) >= 11 is 0. The second kappa shape index (κ2) is 5.54. The van der Waals surface area contributed by atoms with Crippen LogP contribution in [0.15, 0.2) is 34.0 Å². The van der Waals surface area contributed by atoms with Crippen LogP contribution in [0.5, 0.6) is 0 Å². The van der Waals surface area contributed by atoms with Crippen LogP contribution in [0.2, 0.25) is 0 Å². The molecule has 1 atom stereocenters. The topological polar surface area (TPSA) is 136 Å². The second-order valence-corrected chi connectivity index (χ2v) is 5.73. The highest BCUT2D eigenvalue weighted by atomic mass is 19.4. The van der Waals surface area contributed by atoms with E-state index in [4.69, 9.17) is 0 Å². The zero-order valence-electron chi connectivity index (χ0n) is 13.3. The molecule has 1 unspecified atom stereocenters. The van der Waals surface area contributed by atoms with E-state index in [1.165, 1.54) is 0 Å². The minimum absolute atomic E-state index is 0.249. The predicted octanol–water partition coefficient (Wildman–Crippen LogP) is -1.38. The van der Waals surface area contributed by atoms with Crippen molar-refractivity contribution >= 4 is 17.6 Å². The van der Waals surface area contributed by atoms with Gasteiger partial charge < -0.3 is 19.9 Å². The molecule has 0 bridgehead atoms. The number of rotatable bonds is 2. The summed E-state index contributed by atoms with van der Waals surface area (Å²) in [5, 5.41) is 21.0. The zero-order valence-corrected chi connectivity index (χ0v) is 13.3. The van der Waals surface area contributed by atoms with Crippen LogP contribution in [0.25, 0.3) is 5.69 Å². The molecule has 142 valence electrons. The van der Waals surface area contributed by atoms with E-state index in [1.54, 1.807) is 4.98 Å². The molecule has 0 saturated heterocycles. The lowest BCUT2D eigenvalue weighted by atomic mass is 9.94. The van der Waals surface area contributed by atoms with Crippen molar-refractivity contribution in [3.63, 3.8) is 0 Å². The number of alkyl halides is 3. The van der Waals surface area contributed by atoms with E-state index in [1.807, 2.05) is 0 Å². The number of aliphatic hydroxyl groups is 1. The SMILES string of the molecule is CN1C(=O)C(O)(C(F)(F)F)c2cc(-n3cc(C(=O)[O-])c(=O)[nH]c3=O)ccc21. The molecule has 0 saturated carbocycles. The lowest BCUT2D eigenvalue weighted by Gasteiger charge is -2.24. The Morgan fingerprint density at radius 3 is 2.44 bits per heavy atom. The maximum Gasteiger partial charge on any atom is 0.430 e. The highest BCUT2D eigenvalue weighted by Gasteiger charge is 2.66. The lowest BCUT2D eigenvalue weighted by Crippen LogP contribution is -2.50. The summed E-state index contributed by atoms with van der Waals surface area (Å²) < 4.78 is 40.7. The molecule has 0 aliphatic carbocycles. The summed E-state index contributed by atoms with van der Waals surface area (Å²) in [6.07, 6.45) is -4.78. The maximum absolute atomic E-state index is 13.4. The van der Waals surface area contributed by atoms with Crippen LogP contribution < -0.4 is 21.3 Å². The number of likely N-dealkylation sites (N-methyl/N-ethyl adjacent to an activating group) is 1. The van der Waals surface area contributed by atoms with Gasteiger partial charge in [0.05, 0.1) is 22.9 Å². The summed E-state index contributed by atoms with van der Waals surface area (Å²) in [7, 11) is 1.03. The van der Waals surface area contributed by atoms with Crippen LogP contribution in [0, 0.1) is 0 Å². The third-order valence-corrected chi connectivity index (χ3v) is 4.20. The molecule has 0 fully saturated rings. The second-order valence-electron chi connectivity index (χ2n) is 5.73. The molecule has 3 rings (SSSR count). The normalized spacial score (nSPS) is 19.3. The van der Waals surface area contributed by atoms with E-state index in [9.17, 15) is 42.6 Å². The van der Waals surface area contributed by atoms with Crippen molar-refractivity contribution in [2.45, 2.75) is 11.8 Å². The van der Waals surface area contributed by atoms with Gasteiger partial charge in [-0.25, -0.2) is 4.79 Å². The molecule has 0 spiro atoms. The Kier molecular flexibility index (Phi) is 3.77. The molecule has 0 radical (unpaired) electrons. The summed E-state index contributed by atoms with van der Waals surface area (Å²) in [5.74, 6) is -3.54. The summed E-state index contributed by atoms with van der Waals surface area (Å²) in [6, 6.07) is 2.87. The summed E-state index contributed by atoms with van der Waals surface area (Å²) in [6.45, 7) is 0. The molecule has 1 amide bonds. The van der Waals surface area contributed by atoms with Crippen molar-refractivity contribution in [2.75, 3.05) is 11.9 Å². The Labute approximate surface area is 146 Å². The average Bonchev–Trinajstić information content (AvgIpc) is 2.76. The molecular formula is C15H9F3N3O6-. The van der Waals surface area contributed by atoms with Crippen LogP contribution in [-0.2, 0) is 10.4 Å². The Hall–Kier alpha value is -3.41. The largest absolute Gasteiger partial charge is 0.545 e. The van der Waals surface area contributed by atoms with Crippen LogP contribution in [0.4, 0.5) is 18.9 Å². The van der Waals surface area contributed by atoms with Gasteiger partial charge in [-0.3, -0.25) is 19.1 Å². The number of carboxylic acids is 1. The number of hydrogen-bond acceptors (Lipinski definition) is 6. The van der Waals surface area contributed by atoms with E-state index >= 15 is 0 Å². The Morgan fingerprint density at radius 1 is 1.26 bits per heavy atom. The van der Waals surface area contributed by atoms with E-state index < -0.39 is 46.0 Å². The van der Waals surface area contributed by atoms with Gasteiger partial charge in [-0.05, 0) is 18.2 Å². The fourth-order valence-electron chi connectivity index (χ4n) is 2.81. The minimum Gasteiger partial charge on any atom is -0.545 e. The van der Waals surface area contributed by atoms with Crippen molar-refractivity contribution < 1.29 is 33.0 Å². The van der Waals surface area contributed by atoms with Gasteiger partial charge in [-0.15, -0.1) is 0 Å². The summed E-state index contributed by atoms with van der Waals surface area (Å²) in [4.78, 5) is 48.6. The number of aromatic amines is 1. The minimum atomic E-state index is -5.35. The highest BCUT2D eigenvalue weighted by Crippen LogP contribution is 2.49. The van der Waals surface area contributed by atoms with E-state index in [2.05, 4.69) is 0 Å². The van der Waals surface area contributed by atoms with Gasteiger partial charge >= 0.3 is 11.9 Å². The first-order valence-corrected chi connectivity index (χ1v) is 7.19. The molecule has 2 aromatic rings. The summed E-state index contributed by atoms with van der Waals surface area (Å²) in [5.41, 5.74) is -8.57. The quantitative estimate of drug-likeness (QED) is 0.655. The predicted molar refractivity (Wildman–Crippen MR) is 80.4 cm³/mol. The van der Waals surface area contributed by atoms with Gasteiger partial charge in [-0.2, -0.15) is 13.2 Å². The smallest absolute Gasteiger partial charge is 0.430 e. The monoisotopic (exact) mass is 384 g/mol. The third kappa shape index (κ3) is 2.44. The first-order valence-electron chi connectivity index (χ1n) is 7.19. The van der Waals surface area contributed by atoms with Crippen molar-refractivity contribution in [1.29, 1.82) is 0 Å². The molecule has 12 heteroatoms. The Morgan fingerprint density at radius 2 is 1.89 bits per heavy atom. The Bertz CT molecular complexity index is 1100. The standard InChI is InChI=1S/C15H10F3N3O6/c1-20-9-3-2-6(4-8(9)14(27,12(20)25)15(16,17)18)21-5-7(11(23)24)10(22)19-13(21)26/h2-5,27H,1H3,(H,23,24)(H,19,22,26)/p-1. The number of amides is 1. The van der Waals surface area contributed by atoms with E-state index in [0.717, 1.165) is 19.2 Å². The molecule has 9 nitrogen and oxygen atoms in total. The number of carbonyl (C=O) groups is 2. The molecule has 1 aliphatic heterocycles. The van der Waals surface area contributed by atoms with Gasteiger partial charge in [0.1, 0.15) is 0 Å². The molecule has 1 aromatic carbocycles. The van der Waals surface area contributed by atoms with Crippen molar-refractivity contribution in [3.8, 4) is 5.69 Å². The average molecular weight is 384 g/mol. The van der Waals surface area contributed by atoms with Gasteiger partial charge in [0.15, 0.2) is 0 Å². The first-order chi connectivity index (χ1) is 12.4. The van der Waals surface area contributed by atoms with Crippen molar-refractivity contribution in [2.24, 2.45) is 0 Å². The Balaban J connectivity index is 2.29. The van der Waals surface area contributed by atoms with E-state index in [0.29, 0.717) is 21.7 Å². The number of halogens is 3. The number of nitrogens with zero attached hydrogens (tertiary/aromatic N) is 2. The van der Waals surface area contributed by atoms with Crippen LogP contribution in [0.3, 0.4) is 0 Å². The fraction of sp³-hybridized carbons (Fsp3) is 0.200. The van der Waals surface area contributed by atoms with Gasteiger partial charge in [0.2, 0.25) is 0 Å². The van der Waals surface area contributed by atoms with Gasteiger partial charge in [0.25, 0.3) is 17.1 Å².